The third-order valence-electron chi connectivity index (χ3n) is 2.45. The molecule has 0 saturated heterocycles. The van der Waals surface area contributed by atoms with Crippen molar-refractivity contribution in [2.45, 2.75) is 30.3 Å². The molecule has 0 aliphatic rings. The van der Waals surface area contributed by atoms with E-state index in [2.05, 4.69) is 4.74 Å². The number of hydrogen-bond acceptors (Lipinski definition) is 5. The van der Waals surface area contributed by atoms with Crippen molar-refractivity contribution in [3.05, 3.63) is 30.3 Å². The first-order valence-corrected chi connectivity index (χ1v) is 7.29. The van der Waals surface area contributed by atoms with E-state index in [1.807, 2.05) is 30.3 Å². The minimum Gasteiger partial charge on any atom is -0.481 e. The number of carboxylic acid groups (broad SMARTS) is 2. The highest BCUT2D eigenvalue weighted by molar-refractivity contribution is 7.99. The molecule has 0 heterocycles. The fraction of sp³-hybridized carbons (Fsp3) is 0.357. The Bertz CT molecular complexity index is 487. The summed E-state index contributed by atoms with van der Waals surface area (Å²) in [4.78, 5) is 33.7. The van der Waals surface area contributed by atoms with Crippen molar-refractivity contribution in [3.8, 4) is 0 Å². The quantitative estimate of drug-likeness (QED) is 0.408. The van der Waals surface area contributed by atoms with E-state index in [-0.39, 0.29) is 6.42 Å². The molecule has 0 radical (unpaired) electrons. The first-order valence-electron chi connectivity index (χ1n) is 6.31. The van der Waals surface area contributed by atoms with Gasteiger partial charge in [-0.05, 0) is 24.3 Å². The highest BCUT2D eigenvalue weighted by atomic mass is 32.2. The van der Waals surface area contributed by atoms with Crippen LogP contribution in [0.4, 0.5) is 0 Å². The highest BCUT2D eigenvalue weighted by Crippen LogP contribution is 2.18. The Labute approximate surface area is 126 Å². The summed E-state index contributed by atoms with van der Waals surface area (Å²) in [6.45, 7) is 0. The van der Waals surface area contributed by atoms with Crippen LogP contribution in [0.2, 0.25) is 0 Å². The van der Waals surface area contributed by atoms with Crippen LogP contribution in [0.15, 0.2) is 35.2 Å². The molecular weight excluding hydrogens is 296 g/mol. The molecule has 0 aliphatic heterocycles. The molecule has 7 heteroatoms. The predicted molar refractivity (Wildman–Crippen MR) is 76.2 cm³/mol. The third-order valence-corrected chi connectivity index (χ3v) is 3.54. The Morgan fingerprint density at radius 3 is 2.38 bits per heavy atom. The number of hydrogen-bond donors (Lipinski definition) is 2. The van der Waals surface area contributed by atoms with Crippen LogP contribution in [0.5, 0.6) is 0 Å². The molecular formula is C14H16O6S. The zero-order valence-electron chi connectivity index (χ0n) is 11.2. The summed E-state index contributed by atoms with van der Waals surface area (Å²) in [6.07, 6.45) is -1.78. The van der Waals surface area contributed by atoms with Crippen molar-refractivity contribution in [2.24, 2.45) is 0 Å². The lowest BCUT2D eigenvalue weighted by molar-refractivity contribution is -0.167. The topological polar surface area (TPSA) is 101 Å². The van der Waals surface area contributed by atoms with Crippen molar-refractivity contribution in [1.82, 2.24) is 0 Å². The van der Waals surface area contributed by atoms with Gasteiger partial charge in [0.25, 0.3) is 0 Å². The molecule has 0 aliphatic carbocycles. The summed E-state index contributed by atoms with van der Waals surface area (Å²) in [7, 11) is 0. The fourth-order valence-corrected chi connectivity index (χ4v) is 2.35. The van der Waals surface area contributed by atoms with Crippen LogP contribution in [0, 0.1) is 0 Å². The normalized spacial score (nSPS) is 11.6. The third kappa shape index (κ3) is 7.36. The van der Waals surface area contributed by atoms with Crippen molar-refractivity contribution in [1.29, 1.82) is 0 Å². The zero-order chi connectivity index (χ0) is 15.7. The summed E-state index contributed by atoms with van der Waals surface area (Å²) >= 11 is 1.58. The second-order valence-corrected chi connectivity index (χ2v) is 5.35. The van der Waals surface area contributed by atoms with Crippen LogP contribution >= 0.6 is 11.8 Å². The summed E-state index contributed by atoms with van der Waals surface area (Å²) < 4.78 is 4.65. The molecule has 2 N–H and O–H groups in total. The number of aliphatic carboxylic acids is 2. The predicted octanol–water partition coefficient (Wildman–Crippen LogP) is 2.03. The van der Waals surface area contributed by atoms with Crippen molar-refractivity contribution in [3.63, 3.8) is 0 Å². The molecule has 0 fully saturated rings. The number of carbonyl (C=O) groups is 3. The molecule has 1 aromatic carbocycles. The fourth-order valence-electron chi connectivity index (χ4n) is 1.48. The van der Waals surface area contributed by atoms with E-state index >= 15 is 0 Å². The minimum absolute atomic E-state index is 0.0588. The van der Waals surface area contributed by atoms with Crippen molar-refractivity contribution < 1.29 is 29.3 Å². The van der Waals surface area contributed by atoms with Crippen LogP contribution in [0.3, 0.4) is 0 Å². The highest BCUT2D eigenvalue weighted by Gasteiger charge is 2.24. The summed E-state index contributed by atoms with van der Waals surface area (Å²) in [6, 6.07) is 9.66. The van der Waals surface area contributed by atoms with Gasteiger partial charge in [0, 0.05) is 11.3 Å². The molecule has 6 nitrogen and oxygen atoms in total. The number of carboxylic acids is 2. The Kier molecular flexibility index (Phi) is 7.31. The largest absolute Gasteiger partial charge is 0.481 e. The van der Waals surface area contributed by atoms with Gasteiger partial charge in [0.1, 0.15) is 0 Å². The monoisotopic (exact) mass is 312 g/mol. The van der Waals surface area contributed by atoms with Crippen LogP contribution in [0.25, 0.3) is 0 Å². The van der Waals surface area contributed by atoms with Gasteiger partial charge in [0.05, 0.1) is 6.42 Å². The number of carbonyl (C=O) groups excluding carboxylic acids is 1. The van der Waals surface area contributed by atoms with E-state index in [0.717, 1.165) is 4.90 Å². The van der Waals surface area contributed by atoms with Gasteiger partial charge in [-0.25, -0.2) is 4.79 Å². The van der Waals surface area contributed by atoms with Gasteiger partial charge >= 0.3 is 17.9 Å². The van der Waals surface area contributed by atoms with Crippen LogP contribution in [-0.2, 0) is 19.1 Å². The number of thioether (sulfide) groups is 1. The minimum atomic E-state index is -1.63. The zero-order valence-corrected chi connectivity index (χ0v) is 12.0. The van der Waals surface area contributed by atoms with Crippen LogP contribution < -0.4 is 0 Å². The molecule has 0 aromatic heterocycles. The lowest BCUT2D eigenvalue weighted by Gasteiger charge is -2.11. The maximum atomic E-state index is 11.5. The van der Waals surface area contributed by atoms with Gasteiger partial charge in [-0.15, -0.1) is 11.8 Å². The van der Waals surface area contributed by atoms with E-state index in [9.17, 15) is 14.4 Å². The first-order chi connectivity index (χ1) is 9.99. The second-order valence-electron chi connectivity index (χ2n) is 4.18. The molecule has 0 saturated carbocycles. The second kappa shape index (κ2) is 9.02. The average molecular weight is 312 g/mol. The average Bonchev–Trinajstić information content (AvgIpc) is 2.43. The maximum absolute atomic E-state index is 11.5. The van der Waals surface area contributed by atoms with Crippen LogP contribution in [0.1, 0.15) is 19.3 Å². The Hall–Kier alpha value is -2.02. The van der Waals surface area contributed by atoms with Gasteiger partial charge in [-0.3, -0.25) is 9.59 Å². The van der Waals surface area contributed by atoms with E-state index in [4.69, 9.17) is 10.2 Å². The van der Waals surface area contributed by atoms with Gasteiger partial charge in [0.15, 0.2) is 0 Å². The molecule has 0 spiro atoms. The molecule has 0 amide bonds. The molecule has 0 unspecified atom stereocenters. The Morgan fingerprint density at radius 2 is 1.81 bits per heavy atom. The van der Waals surface area contributed by atoms with Gasteiger partial charge < -0.3 is 14.9 Å². The van der Waals surface area contributed by atoms with E-state index in [0.29, 0.717) is 12.2 Å². The van der Waals surface area contributed by atoms with Crippen molar-refractivity contribution in [2.75, 3.05) is 5.75 Å². The molecule has 1 atom stereocenters. The number of rotatable bonds is 9. The van der Waals surface area contributed by atoms with Gasteiger partial charge in [0.2, 0.25) is 6.10 Å². The number of ether oxygens (including phenoxy) is 1. The number of benzene rings is 1. The lowest BCUT2D eigenvalue weighted by Crippen LogP contribution is -2.29. The van der Waals surface area contributed by atoms with Gasteiger partial charge in [-0.1, -0.05) is 18.2 Å². The van der Waals surface area contributed by atoms with E-state index in [1.54, 1.807) is 11.8 Å². The Morgan fingerprint density at radius 1 is 1.14 bits per heavy atom. The van der Waals surface area contributed by atoms with Crippen LogP contribution in [-0.4, -0.2) is 40.0 Å². The molecule has 1 aromatic rings. The summed E-state index contributed by atoms with van der Waals surface area (Å²) in [5.41, 5.74) is 0. The molecule has 114 valence electrons. The standard InChI is InChI=1S/C14H16O6S/c15-12(16)9-11(14(18)19)20-13(17)7-4-8-21-10-5-2-1-3-6-10/h1-3,5-6,11H,4,7-9H2,(H,15,16)(H,18,19)/t11-/m1/s1. The van der Waals surface area contributed by atoms with Gasteiger partial charge in [-0.2, -0.15) is 0 Å². The van der Waals surface area contributed by atoms with Crippen molar-refractivity contribution >= 4 is 29.7 Å². The summed E-state index contributed by atoms with van der Waals surface area (Å²) in [5.74, 6) is -2.79. The maximum Gasteiger partial charge on any atom is 0.345 e. The molecule has 0 bridgehead atoms. The lowest BCUT2D eigenvalue weighted by atomic mass is 10.2. The number of esters is 1. The first kappa shape index (κ1) is 17.0. The molecule has 1 rings (SSSR count). The SMILES string of the molecule is O=C(O)C[C@@H](OC(=O)CCCSc1ccccc1)C(=O)O. The van der Waals surface area contributed by atoms with E-state index in [1.165, 1.54) is 0 Å². The summed E-state index contributed by atoms with van der Waals surface area (Å²) in [5, 5.41) is 17.3. The smallest absolute Gasteiger partial charge is 0.345 e. The Balaban J connectivity index is 2.26. The molecule has 21 heavy (non-hydrogen) atoms. The van der Waals surface area contributed by atoms with E-state index < -0.39 is 30.4 Å².